The molecule has 0 saturated heterocycles. The summed E-state index contributed by atoms with van der Waals surface area (Å²) in [5, 5.41) is 6.14. The maximum atomic E-state index is 12.7. The van der Waals surface area contributed by atoms with Crippen LogP contribution < -0.4 is 10.6 Å². The van der Waals surface area contributed by atoms with E-state index < -0.39 is 6.04 Å². The molecule has 2 heterocycles. The number of nitrogens with one attached hydrogen (secondary N) is 2. The van der Waals surface area contributed by atoms with Crippen molar-refractivity contribution in [3.8, 4) is 0 Å². The summed E-state index contributed by atoms with van der Waals surface area (Å²) in [5.74, 6) is -0.102. The van der Waals surface area contributed by atoms with Gasteiger partial charge in [0, 0.05) is 10.7 Å². The van der Waals surface area contributed by atoms with Crippen LogP contribution in [-0.4, -0.2) is 21.4 Å². The van der Waals surface area contributed by atoms with Crippen molar-refractivity contribution in [2.45, 2.75) is 12.5 Å². The fourth-order valence-corrected chi connectivity index (χ4v) is 2.99. The third kappa shape index (κ3) is 2.51. The zero-order valence-electron chi connectivity index (χ0n) is 12.5. The maximum Gasteiger partial charge on any atom is 0.248 e. The molecule has 1 atom stereocenters. The Labute approximate surface area is 142 Å². The van der Waals surface area contributed by atoms with Crippen LogP contribution in [0.4, 0.5) is 11.6 Å². The van der Waals surface area contributed by atoms with Crippen LogP contribution in [0.2, 0.25) is 5.02 Å². The van der Waals surface area contributed by atoms with E-state index in [-0.39, 0.29) is 18.2 Å². The summed E-state index contributed by atoms with van der Waals surface area (Å²) in [6.07, 6.45) is 0.0623. The van der Waals surface area contributed by atoms with Gasteiger partial charge in [0.1, 0.15) is 6.04 Å². The number of carbonyl (C=O) groups is 2. The molecule has 1 aromatic heterocycles. The van der Waals surface area contributed by atoms with Gasteiger partial charge in [-0.2, -0.15) is 0 Å². The summed E-state index contributed by atoms with van der Waals surface area (Å²) < 4.78 is 1.77. The summed E-state index contributed by atoms with van der Waals surface area (Å²) in [7, 11) is 0. The van der Waals surface area contributed by atoms with Crippen LogP contribution in [0.5, 0.6) is 0 Å². The number of nitrogens with zero attached hydrogens (tertiary/aromatic N) is 2. The summed E-state index contributed by atoms with van der Waals surface area (Å²) in [5.41, 5.74) is 2.17. The van der Waals surface area contributed by atoms with Crippen molar-refractivity contribution in [3.05, 3.63) is 53.6 Å². The molecule has 7 heteroatoms. The third-order valence-electron chi connectivity index (χ3n) is 3.95. The zero-order valence-corrected chi connectivity index (χ0v) is 13.2. The van der Waals surface area contributed by atoms with E-state index in [0.717, 1.165) is 11.0 Å². The summed E-state index contributed by atoms with van der Waals surface area (Å²) in [4.78, 5) is 29.1. The molecule has 3 aromatic rings. The van der Waals surface area contributed by atoms with E-state index >= 15 is 0 Å². The number of anilines is 2. The Balaban J connectivity index is 1.72. The summed E-state index contributed by atoms with van der Waals surface area (Å²) >= 11 is 5.86. The van der Waals surface area contributed by atoms with E-state index in [1.165, 1.54) is 0 Å². The van der Waals surface area contributed by atoms with Gasteiger partial charge < -0.3 is 5.32 Å². The zero-order chi connectivity index (χ0) is 16.7. The van der Waals surface area contributed by atoms with Crippen molar-refractivity contribution in [1.29, 1.82) is 0 Å². The van der Waals surface area contributed by atoms with Gasteiger partial charge in [0.2, 0.25) is 17.8 Å². The molecule has 0 saturated carbocycles. The first-order chi connectivity index (χ1) is 11.6. The lowest BCUT2D eigenvalue weighted by Crippen LogP contribution is -2.35. The second-order valence-corrected chi connectivity index (χ2v) is 5.99. The van der Waals surface area contributed by atoms with Crippen LogP contribution in [0.3, 0.4) is 0 Å². The fraction of sp³-hybridized carbons (Fsp3) is 0.118. The normalized spacial score (nSPS) is 16.5. The van der Waals surface area contributed by atoms with Crippen LogP contribution >= 0.6 is 11.6 Å². The van der Waals surface area contributed by atoms with E-state index in [1.807, 2.05) is 24.3 Å². The Morgan fingerprint density at radius 2 is 1.96 bits per heavy atom. The van der Waals surface area contributed by atoms with Crippen molar-refractivity contribution in [2.24, 2.45) is 0 Å². The predicted molar refractivity (Wildman–Crippen MR) is 92.1 cm³/mol. The van der Waals surface area contributed by atoms with Gasteiger partial charge in [-0.05, 0) is 36.4 Å². The summed E-state index contributed by atoms with van der Waals surface area (Å²) in [6.45, 7) is 0. The highest BCUT2D eigenvalue weighted by Crippen LogP contribution is 2.31. The molecule has 0 spiro atoms. The second kappa shape index (κ2) is 5.65. The number of carbonyl (C=O) groups excluding carboxylic acids is 2. The molecule has 0 radical (unpaired) electrons. The number of aromatic nitrogens is 2. The topological polar surface area (TPSA) is 76.0 Å². The van der Waals surface area contributed by atoms with E-state index in [1.54, 1.807) is 28.8 Å². The number of hydrogen-bond donors (Lipinski definition) is 2. The minimum absolute atomic E-state index is 0.0623. The third-order valence-corrected chi connectivity index (χ3v) is 4.20. The van der Waals surface area contributed by atoms with Crippen molar-refractivity contribution in [1.82, 2.24) is 9.55 Å². The molecule has 1 aliphatic rings. The van der Waals surface area contributed by atoms with Gasteiger partial charge >= 0.3 is 0 Å². The standard InChI is InChI=1S/C17H13ClN4O2/c18-10-5-7-11(8-6-10)19-16(24)14-9-15(23)21-17-20-12-3-1-2-4-13(12)22(14)17/h1-8,14H,9H2,(H,19,24)(H,20,21,23)/t14-/m1/s1. The Morgan fingerprint density at radius 3 is 2.75 bits per heavy atom. The minimum Gasteiger partial charge on any atom is -0.324 e. The van der Waals surface area contributed by atoms with Crippen molar-refractivity contribution in [2.75, 3.05) is 10.6 Å². The molecule has 0 aliphatic carbocycles. The smallest absolute Gasteiger partial charge is 0.248 e. The number of halogens is 1. The lowest BCUT2D eigenvalue weighted by molar-refractivity contribution is -0.124. The maximum absolute atomic E-state index is 12.7. The average Bonchev–Trinajstić information content (AvgIpc) is 2.94. The van der Waals surface area contributed by atoms with E-state index in [9.17, 15) is 9.59 Å². The van der Waals surface area contributed by atoms with Crippen LogP contribution in [0.25, 0.3) is 11.0 Å². The molecule has 2 aromatic carbocycles. The Morgan fingerprint density at radius 1 is 1.21 bits per heavy atom. The highest BCUT2D eigenvalue weighted by atomic mass is 35.5. The molecule has 1 aliphatic heterocycles. The van der Waals surface area contributed by atoms with Gasteiger partial charge in [0.05, 0.1) is 17.5 Å². The number of amides is 2. The first-order valence-electron chi connectivity index (χ1n) is 7.45. The number of rotatable bonds is 2. The van der Waals surface area contributed by atoms with Gasteiger partial charge in [-0.3, -0.25) is 19.5 Å². The van der Waals surface area contributed by atoms with Gasteiger partial charge in [0.25, 0.3) is 0 Å². The number of benzene rings is 2. The highest BCUT2D eigenvalue weighted by molar-refractivity contribution is 6.30. The molecule has 6 nitrogen and oxygen atoms in total. The SMILES string of the molecule is O=C1C[C@H](C(=O)Nc2ccc(Cl)cc2)n2c(nc3ccccc32)N1. The van der Waals surface area contributed by atoms with E-state index in [2.05, 4.69) is 15.6 Å². The molecule has 2 N–H and O–H groups in total. The van der Waals surface area contributed by atoms with E-state index in [0.29, 0.717) is 16.7 Å². The molecule has 0 bridgehead atoms. The Kier molecular flexibility index (Phi) is 3.46. The highest BCUT2D eigenvalue weighted by Gasteiger charge is 2.32. The minimum atomic E-state index is -0.656. The molecule has 120 valence electrons. The molecule has 4 rings (SSSR count). The Bertz CT molecular complexity index is 949. The number of fused-ring (bicyclic) bond motifs is 3. The molecule has 2 amide bonds. The van der Waals surface area contributed by atoms with Crippen LogP contribution in [0.15, 0.2) is 48.5 Å². The lowest BCUT2D eigenvalue weighted by Gasteiger charge is -2.24. The van der Waals surface area contributed by atoms with Gasteiger partial charge in [-0.1, -0.05) is 23.7 Å². The van der Waals surface area contributed by atoms with Crippen molar-refractivity contribution >= 4 is 46.1 Å². The first kappa shape index (κ1) is 14.7. The first-order valence-corrected chi connectivity index (χ1v) is 7.83. The molecular weight excluding hydrogens is 328 g/mol. The van der Waals surface area contributed by atoms with Crippen LogP contribution in [0, 0.1) is 0 Å². The lowest BCUT2D eigenvalue weighted by atomic mass is 10.1. The van der Waals surface area contributed by atoms with Crippen LogP contribution in [0.1, 0.15) is 12.5 Å². The molecule has 0 unspecified atom stereocenters. The fourth-order valence-electron chi connectivity index (χ4n) is 2.86. The van der Waals surface area contributed by atoms with Gasteiger partial charge in [0.15, 0.2) is 0 Å². The largest absolute Gasteiger partial charge is 0.324 e. The van der Waals surface area contributed by atoms with Crippen molar-refractivity contribution in [3.63, 3.8) is 0 Å². The predicted octanol–water partition coefficient (Wildman–Crippen LogP) is 3.21. The Hall–Kier alpha value is -2.86. The van der Waals surface area contributed by atoms with Crippen LogP contribution in [-0.2, 0) is 9.59 Å². The average molecular weight is 341 g/mol. The number of hydrogen-bond acceptors (Lipinski definition) is 3. The van der Waals surface area contributed by atoms with Gasteiger partial charge in [-0.15, -0.1) is 0 Å². The molecule has 24 heavy (non-hydrogen) atoms. The van der Waals surface area contributed by atoms with Crippen molar-refractivity contribution < 1.29 is 9.59 Å². The van der Waals surface area contributed by atoms with Gasteiger partial charge in [-0.25, -0.2) is 4.98 Å². The summed E-state index contributed by atoms with van der Waals surface area (Å²) in [6, 6.07) is 13.6. The molecule has 0 fully saturated rings. The second-order valence-electron chi connectivity index (χ2n) is 5.56. The number of para-hydroxylation sites is 2. The molecular formula is C17H13ClN4O2. The number of imidazole rings is 1. The monoisotopic (exact) mass is 340 g/mol. The van der Waals surface area contributed by atoms with E-state index in [4.69, 9.17) is 11.6 Å². The quantitative estimate of drug-likeness (QED) is 0.752.